The van der Waals surface area contributed by atoms with Crippen molar-refractivity contribution in [3.8, 4) is 0 Å². The van der Waals surface area contributed by atoms with Gasteiger partial charge in [0.2, 0.25) is 0 Å². The van der Waals surface area contributed by atoms with Gasteiger partial charge in [0.05, 0.1) is 0 Å². The van der Waals surface area contributed by atoms with Crippen LogP contribution in [0, 0.1) is 0 Å². The minimum absolute atomic E-state index is 0.563. The summed E-state index contributed by atoms with van der Waals surface area (Å²) >= 11 is 3.93. The Bertz CT molecular complexity index is 310. The third-order valence-electron chi connectivity index (χ3n) is 3.72. The molecule has 3 heteroatoms. The average Bonchev–Trinajstić information content (AvgIpc) is 2.90. The molecule has 0 aromatic carbocycles. The number of hydrogen-bond acceptors (Lipinski definition) is 3. The summed E-state index contributed by atoms with van der Waals surface area (Å²) in [5, 5.41) is 6.90. The molecule has 0 radical (unpaired) electrons. The number of thiophene rings is 1. The standard InChI is InChI=1S/C14H23NS2/c1-3-11(14-9-6-10-17-14)15-12-7-4-5-8-13(12)16-2/h6,9-13,15H,3-5,7-8H2,1-2H3. The molecule has 3 unspecified atom stereocenters. The predicted molar refractivity (Wildman–Crippen MR) is 80.0 cm³/mol. The van der Waals surface area contributed by atoms with Crippen molar-refractivity contribution in [1.29, 1.82) is 0 Å². The van der Waals surface area contributed by atoms with E-state index in [0.29, 0.717) is 12.1 Å². The Hall–Kier alpha value is 0.01000. The van der Waals surface area contributed by atoms with Crippen LogP contribution in [0.15, 0.2) is 17.5 Å². The Morgan fingerprint density at radius 3 is 2.94 bits per heavy atom. The van der Waals surface area contributed by atoms with Gasteiger partial charge in [-0.3, -0.25) is 0 Å². The highest BCUT2D eigenvalue weighted by molar-refractivity contribution is 7.99. The van der Waals surface area contributed by atoms with Gasteiger partial charge in [-0.15, -0.1) is 11.3 Å². The zero-order chi connectivity index (χ0) is 12.1. The Morgan fingerprint density at radius 1 is 1.47 bits per heavy atom. The van der Waals surface area contributed by atoms with Gasteiger partial charge in [-0.05, 0) is 37.0 Å². The van der Waals surface area contributed by atoms with Crippen LogP contribution in [0.5, 0.6) is 0 Å². The number of nitrogens with one attached hydrogen (secondary N) is 1. The first-order chi connectivity index (χ1) is 8.35. The molecule has 2 rings (SSSR count). The van der Waals surface area contributed by atoms with Crippen molar-refractivity contribution in [2.45, 2.75) is 56.4 Å². The maximum Gasteiger partial charge on any atom is 0.0414 e. The normalized spacial score (nSPS) is 26.9. The van der Waals surface area contributed by atoms with E-state index < -0.39 is 0 Å². The minimum Gasteiger partial charge on any atom is -0.305 e. The molecule has 3 atom stereocenters. The lowest BCUT2D eigenvalue weighted by Crippen LogP contribution is -2.42. The van der Waals surface area contributed by atoms with E-state index in [0.717, 1.165) is 5.25 Å². The highest BCUT2D eigenvalue weighted by atomic mass is 32.2. The van der Waals surface area contributed by atoms with Gasteiger partial charge in [0.1, 0.15) is 0 Å². The fourth-order valence-electron chi connectivity index (χ4n) is 2.72. The van der Waals surface area contributed by atoms with Crippen LogP contribution in [0.3, 0.4) is 0 Å². The smallest absolute Gasteiger partial charge is 0.0414 e. The van der Waals surface area contributed by atoms with Crippen molar-refractivity contribution >= 4 is 23.1 Å². The van der Waals surface area contributed by atoms with Gasteiger partial charge >= 0.3 is 0 Å². The average molecular weight is 269 g/mol. The summed E-state index contributed by atoms with van der Waals surface area (Å²) in [5.74, 6) is 0. The molecule has 0 aliphatic heterocycles. The maximum absolute atomic E-state index is 3.90. The minimum atomic E-state index is 0.563. The van der Waals surface area contributed by atoms with Gasteiger partial charge in [0.15, 0.2) is 0 Å². The molecule has 1 aromatic heterocycles. The third kappa shape index (κ3) is 3.49. The van der Waals surface area contributed by atoms with Crippen molar-refractivity contribution in [3.63, 3.8) is 0 Å². The molecular formula is C14H23NS2. The van der Waals surface area contributed by atoms with Crippen LogP contribution in [0.1, 0.15) is 49.9 Å². The number of hydrogen-bond donors (Lipinski definition) is 1. The van der Waals surface area contributed by atoms with E-state index >= 15 is 0 Å². The van der Waals surface area contributed by atoms with Gasteiger partial charge in [0, 0.05) is 22.2 Å². The van der Waals surface area contributed by atoms with Crippen molar-refractivity contribution < 1.29 is 0 Å². The fraction of sp³-hybridized carbons (Fsp3) is 0.714. The van der Waals surface area contributed by atoms with E-state index in [1.807, 2.05) is 23.1 Å². The van der Waals surface area contributed by atoms with Gasteiger partial charge in [-0.1, -0.05) is 25.8 Å². The van der Waals surface area contributed by atoms with Crippen LogP contribution < -0.4 is 5.32 Å². The molecule has 1 heterocycles. The summed E-state index contributed by atoms with van der Waals surface area (Å²) in [6.45, 7) is 2.29. The molecule has 0 amide bonds. The van der Waals surface area contributed by atoms with Crippen LogP contribution in [-0.2, 0) is 0 Å². The highest BCUT2D eigenvalue weighted by Crippen LogP contribution is 2.30. The molecule has 1 nitrogen and oxygen atoms in total. The monoisotopic (exact) mass is 269 g/mol. The first-order valence-corrected chi connectivity index (χ1v) is 8.84. The lowest BCUT2D eigenvalue weighted by molar-refractivity contribution is 0.345. The summed E-state index contributed by atoms with van der Waals surface area (Å²) in [4.78, 5) is 1.50. The Kier molecular flexibility index (Phi) is 5.39. The van der Waals surface area contributed by atoms with E-state index in [4.69, 9.17) is 0 Å². The molecule has 1 aliphatic carbocycles. The first kappa shape index (κ1) is 13.4. The summed E-state index contributed by atoms with van der Waals surface area (Å²) in [5.41, 5.74) is 0. The lowest BCUT2D eigenvalue weighted by atomic mass is 9.94. The Labute approximate surface area is 113 Å². The number of thioether (sulfide) groups is 1. The van der Waals surface area contributed by atoms with Crippen molar-refractivity contribution in [1.82, 2.24) is 5.32 Å². The van der Waals surface area contributed by atoms with Crippen molar-refractivity contribution in [3.05, 3.63) is 22.4 Å². The van der Waals surface area contributed by atoms with Crippen LogP contribution in [0.4, 0.5) is 0 Å². The molecule has 17 heavy (non-hydrogen) atoms. The predicted octanol–water partition coefficient (Wildman–Crippen LogP) is 4.46. The lowest BCUT2D eigenvalue weighted by Gasteiger charge is -2.34. The summed E-state index contributed by atoms with van der Waals surface area (Å²) in [6.07, 6.45) is 9.01. The Morgan fingerprint density at radius 2 is 2.29 bits per heavy atom. The quantitative estimate of drug-likeness (QED) is 0.847. The summed E-state index contributed by atoms with van der Waals surface area (Å²) in [6, 6.07) is 5.71. The van der Waals surface area contributed by atoms with E-state index in [9.17, 15) is 0 Å². The van der Waals surface area contributed by atoms with E-state index in [1.54, 1.807) is 0 Å². The highest BCUT2D eigenvalue weighted by Gasteiger charge is 2.26. The molecule has 1 N–H and O–H groups in total. The molecule has 0 spiro atoms. The SMILES string of the molecule is CCC(NC1CCCCC1SC)c1cccs1. The Balaban J connectivity index is 1.97. The van der Waals surface area contributed by atoms with Crippen molar-refractivity contribution in [2.24, 2.45) is 0 Å². The number of rotatable bonds is 5. The van der Waals surface area contributed by atoms with Crippen LogP contribution in [0.2, 0.25) is 0 Å². The summed E-state index contributed by atoms with van der Waals surface area (Å²) < 4.78 is 0. The van der Waals surface area contributed by atoms with Gasteiger partial charge < -0.3 is 5.32 Å². The van der Waals surface area contributed by atoms with Crippen LogP contribution in [0.25, 0.3) is 0 Å². The van der Waals surface area contributed by atoms with Crippen molar-refractivity contribution in [2.75, 3.05) is 6.26 Å². The fourth-order valence-corrected chi connectivity index (χ4v) is 4.53. The second kappa shape index (κ2) is 6.81. The molecule has 1 aliphatic rings. The maximum atomic E-state index is 3.90. The molecule has 1 aromatic rings. The molecule has 0 saturated heterocycles. The molecule has 1 fully saturated rings. The van der Waals surface area contributed by atoms with Crippen LogP contribution >= 0.6 is 23.1 Å². The zero-order valence-electron chi connectivity index (χ0n) is 10.8. The van der Waals surface area contributed by atoms with Gasteiger partial charge in [0.25, 0.3) is 0 Å². The van der Waals surface area contributed by atoms with E-state index in [2.05, 4.69) is 36.0 Å². The largest absolute Gasteiger partial charge is 0.305 e. The molecular weight excluding hydrogens is 246 g/mol. The second-order valence-electron chi connectivity index (χ2n) is 4.81. The molecule has 1 saturated carbocycles. The van der Waals surface area contributed by atoms with Gasteiger partial charge in [-0.2, -0.15) is 11.8 Å². The first-order valence-electron chi connectivity index (χ1n) is 6.67. The van der Waals surface area contributed by atoms with Gasteiger partial charge in [-0.25, -0.2) is 0 Å². The molecule has 0 bridgehead atoms. The topological polar surface area (TPSA) is 12.0 Å². The second-order valence-corrected chi connectivity index (χ2v) is 6.86. The molecule has 96 valence electrons. The third-order valence-corrected chi connectivity index (χ3v) is 5.87. The van der Waals surface area contributed by atoms with Crippen LogP contribution in [-0.4, -0.2) is 17.5 Å². The zero-order valence-corrected chi connectivity index (χ0v) is 12.4. The van der Waals surface area contributed by atoms with E-state index in [-0.39, 0.29) is 0 Å². The summed E-state index contributed by atoms with van der Waals surface area (Å²) in [7, 11) is 0. The van der Waals surface area contributed by atoms with E-state index in [1.165, 1.54) is 37.0 Å².